The lowest BCUT2D eigenvalue weighted by Crippen LogP contribution is -2.50. The number of benzene rings is 2. The van der Waals surface area contributed by atoms with Crippen molar-refractivity contribution in [2.75, 3.05) is 5.73 Å². The quantitative estimate of drug-likeness (QED) is 0.0532. The summed E-state index contributed by atoms with van der Waals surface area (Å²) in [5, 5.41) is 24.8. The van der Waals surface area contributed by atoms with Gasteiger partial charge in [-0.15, -0.1) is 0 Å². The molecule has 0 heterocycles. The Morgan fingerprint density at radius 1 is 1.06 bits per heavy atom. The maximum atomic E-state index is 12.1. The van der Waals surface area contributed by atoms with Crippen molar-refractivity contribution >= 4 is 46.9 Å². The monoisotopic (exact) mass is 479 g/mol. The molecule has 2 aromatic carbocycles. The Labute approximate surface area is 192 Å². The standard InChI is InChI=1S/C13H10ClNO.C7H12N4O6/c14-10-6-7-12(15)11(8-10)13(16)9-4-2-1-3-5-9;8-6(9)17-7(5(15)16,2-4(13)14)1-3(12)11-10/h1-8H,15H2;1-2,10H2,(H3,8,9)(H,11,12)(H,13,14)(H,15,16). The normalized spacial score (nSPS) is 11.7. The van der Waals surface area contributed by atoms with Crippen LogP contribution in [0.3, 0.4) is 0 Å². The number of rotatable bonds is 8. The summed E-state index contributed by atoms with van der Waals surface area (Å²) in [6.45, 7) is 0. The second kappa shape index (κ2) is 12.0. The van der Waals surface area contributed by atoms with Gasteiger partial charge in [0.2, 0.25) is 11.5 Å². The molecule has 0 saturated heterocycles. The number of anilines is 1. The molecule has 0 fully saturated rings. The molecular formula is C20H22ClN5O7. The first-order valence-electron chi connectivity index (χ1n) is 9.04. The summed E-state index contributed by atoms with van der Waals surface area (Å²) in [5.41, 5.74) is 11.3. The van der Waals surface area contributed by atoms with Gasteiger partial charge >= 0.3 is 11.9 Å². The van der Waals surface area contributed by atoms with Crippen molar-refractivity contribution in [2.24, 2.45) is 11.6 Å². The van der Waals surface area contributed by atoms with E-state index in [4.69, 9.17) is 44.5 Å². The zero-order chi connectivity index (χ0) is 25.2. The highest BCUT2D eigenvalue weighted by Gasteiger charge is 2.46. The molecule has 1 atom stereocenters. The van der Waals surface area contributed by atoms with Crippen molar-refractivity contribution in [3.63, 3.8) is 0 Å². The third-order valence-electron chi connectivity index (χ3n) is 4.03. The second-order valence-electron chi connectivity index (χ2n) is 6.51. The molecule has 0 aliphatic rings. The maximum Gasteiger partial charge on any atom is 0.349 e. The van der Waals surface area contributed by atoms with Crippen molar-refractivity contribution < 1.29 is 34.1 Å². The average molecular weight is 480 g/mol. The third-order valence-corrected chi connectivity index (χ3v) is 4.27. The molecule has 33 heavy (non-hydrogen) atoms. The highest BCUT2D eigenvalue weighted by Crippen LogP contribution is 2.22. The van der Waals surface area contributed by atoms with Crippen LogP contribution in [-0.4, -0.2) is 45.5 Å². The first kappa shape index (κ1) is 26.9. The molecule has 0 bridgehead atoms. The van der Waals surface area contributed by atoms with E-state index in [0.29, 0.717) is 21.8 Å². The molecule has 1 amide bonds. The molecule has 13 heteroatoms. The van der Waals surface area contributed by atoms with E-state index in [-0.39, 0.29) is 5.78 Å². The van der Waals surface area contributed by atoms with Gasteiger partial charge in [-0.05, 0) is 18.2 Å². The lowest BCUT2D eigenvalue weighted by molar-refractivity contribution is -0.166. The minimum atomic E-state index is -2.46. The summed E-state index contributed by atoms with van der Waals surface area (Å²) in [6, 6.07) is 12.9. The van der Waals surface area contributed by atoms with E-state index >= 15 is 0 Å². The number of carbonyl (C=O) groups is 4. The van der Waals surface area contributed by atoms with Gasteiger partial charge in [0.25, 0.3) is 6.02 Å². The molecule has 1 unspecified atom stereocenters. The van der Waals surface area contributed by atoms with Crippen LogP contribution >= 0.6 is 11.6 Å². The van der Waals surface area contributed by atoms with E-state index in [9.17, 15) is 19.2 Å². The molecule has 10 N–H and O–H groups in total. The van der Waals surface area contributed by atoms with Gasteiger partial charge in [-0.3, -0.25) is 25.2 Å². The number of carboxylic acid groups (broad SMARTS) is 2. The first-order valence-corrected chi connectivity index (χ1v) is 9.42. The van der Waals surface area contributed by atoms with Crippen LogP contribution in [0.15, 0.2) is 48.5 Å². The van der Waals surface area contributed by atoms with E-state index in [2.05, 4.69) is 4.74 Å². The number of hydrazine groups is 1. The molecule has 2 aromatic rings. The number of nitrogen functional groups attached to an aromatic ring is 1. The maximum absolute atomic E-state index is 12.1. The lowest BCUT2D eigenvalue weighted by atomic mass is 9.95. The van der Waals surface area contributed by atoms with Crippen molar-refractivity contribution in [1.29, 1.82) is 5.41 Å². The van der Waals surface area contributed by atoms with E-state index < -0.39 is 42.3 Å². The molecule has 0 aliphatic heterocycles. The number of amidine groups is 1. The average Bonchev–Trinajstić information content (AvgIpc) is 2.74. The van der Waals surface area contributed by atoms with Crippen LogP contribution in [0.2, 0.25) is 5.02 Å². The van der Waals surface area contributed by atoms with Crippen LogP contribution in [0.25, 0.3) is 0 Å². The number of halogens is 1. The topological polar surface area (TPSA) is 232 Å². The Morgan fingerprint density at radius 2 is 1.67 bits per heavy atom. The van der Waals surface area contributed by atoms with Crippen LogP contribution < -0.4 is 22.7 Å². The number of carbonyl (C=O) groups excluding carboxylic acids is 2. The Kier molecular flexibility index (Phi) is 9.79. The minimum Gasteiger partial charge on any atom is -0.481 e. The molecule has 0 spiro atoms. The number of hydrogen-bond donors (Lipinski definition) is 7. The number of aliphatic carboxylic acids is 2. The van der Waals surface area contributed by atoms with Gasteiger partial charge in [-0.1, -0.05) is 41.9 Å². The lowest BCUT2D eigenvalue weighted by Gasteiger charge is -2.26. The first-order chi connectivity index (χ1) is 15.4. The van der Waals surface area contributed by atoms with Gasteiger partial charge in [0, 0.05) is 21.8 Å². The molecule has 0 saturated carbocycles. The van der Waals surface area contributed by atoms with Gasteiger partial charge in [-0.2, -0.15) is 0 Å². The molecule has 0 aromatic heterocycles. The number of nitrogens with two attached hydrogens (primary N) is 3. The molecule has 0 radical (unpaired) electrons. The Bertz CT molecular complexity index is 1030. The fourth-order valence-corrected chi connectivity index (χ4v) is 2.74. The van der Waals surface area contributed by atoms with Gasteiger partial charge < -0.3 is 26.4 Å². The summed E-state index contributed by atoms with van der Waals surface area (Å²) in [5.74, 6) is 0.420. The highest BCUT2D eigenvalue weighted by atomic mass is 35.5. The number of hydrogen-bond acceptors (Lipinski definition) is 8. The largest absolute Gasteiger partial charge is 0.481 e. The summed E-state index contributed by atoms with van der Waals surface area (Å²) < 4.78 is 4.45. The smallest absolute Gasteiger partial charge is 0.349 e. The summed E-state index contributed by atoms with van der Waals surface area (Å²) in [4.78, 5) is 44.6. The highest BCUT2D eigenvalue weighted by molar-refractivity contribution is 6.31. The second-order valence-corrected chi connectivity index (χ2v) is 6.94. The number of ether oxygens (including phenoxy) is 1. The Morgan fingerprint density at radius 3 is 2.15 bits per heavy atom. The Balaban J connectivity index is 0.000000330. The van der Waals surface area contributed by atoms with Crippen molar-refractivity contribution in [3.8, 4) is 0 Å². The summed E-state index contributed by atoms with van der Waals surface area (Å²) >= 11 is 5.84. The molecule has 176 valence electrons. The van der Waals surface area contributed by atoms with E-state index in [0.717, 1.165) is 0 Å². The fraction of sp³-hybridized carbons (Fsp3) is 0.150. The number of ketones is 1. The molecule has 0 aliphatic carbocycles. The third kappa shape index (κ3) is 8.12. The van der Waals surface area contributed by atoms with E-state index in [1.54, 1.807) is 35.8 Å². The zero-order valence-corrected chi connectivity index (χ0v) is 17.8. The van der Waals surface area contributed by atoms with Crippen LogP contribution in [0.5, 0.6) is 0 Å². The summed E-state index contributed by atoms with van der Waals surface area (Å²) in [7, 11) is 0. The van der Waals surface area contributed by atoms with Crippen molar-refractivity contribution in [1.82, 2.24) is 5.43 Å². The fourth-order valence-electron chi connectivity index (χ4n) is 2.56. The van der Waals surface area contributed by atoms with Crippen LogP contribution in [0, 0.1) is 5.41 Å². The SMILES string of the molecule is N=C(N)OC(CC(=O)O)(CC(=O)NN)C(=O)O.Nc1ccc(Cl)cc1C(=O)c1ccccc1. The molecule has 2 rings (SSSR count). The molecule has 12 nitrogen and oxygen atoms in total. The predicted octanol–water partition coefficient (Wildman–Crippen LogP) is 0.728. The Hall–Kier alpha value is -4.16. The number of carboxylic acids is 2. The predicted molar refractivity (Wildman–Crippen MR) is 118 cm³/mol. The summed E-state index contributed by atoms with van der Waals surface area (Å²) in [6.07, 6.45) is -1.93. The van der Waals surface area contributed by atoms with Crippen molar-refractivity contribution in [3.05, 3.63) is 64.7 Å². The number of nitrogens with one attached hydrogen (secondary N) is 2. The van der Waals surface area contributed by atoms with E-state index in [1.165, 1.54) is 0 Å². The van der Waals surface area contributed by atoms with E-state index in [1.807, 2.05) is 18.2 Å². The minimum absolute atomic E-state index is 0.111. The number of amides is 1. The zero-order valence-electron chi connectivity index (χ0n) is 17.1. The molecular weight excluding hydrogens is 458 g/mol. The van der Waals surface area contributed by atoms with Crippen LogP contribution in [0.1, 0.15) is 28.8 Å². The van der Waals surface area contributed by atoms with Crippen LogP contribution in [0.4, 0.5) is 5.69 Å². The van der Waals surface area contributed by atoms with Crippen LogP contribution in [-0.2, 0) is 19.1 Å². The van der Waals surface area contributed by atoms with Gasteiger partial charge in [0.05, 0.1) is 12.8 Å². The van der Waals surface area contributed by atoms with Gasteiger partial charge in [0.15, 0.2) is 5.78 Å². The van der Waals surface area contributed by atoms with Crippen molar-refractivity contribution in [2.45, 2.75) is 18.4 Å². The van der Waals surface area contributed by atoms with Gasteiger partial charge in [-0.25, -0.2) is 10.6 Å². The van der Waals surface area contributed by atoms with Gasteiger partial charge in [0.1, 0.15) is 0 Å².